The first-order valence-corrected chi connectivity index (χ1v) is 6.48. The van der Waals surface area contributed by atoms with E-state index in [2.05, 4.69) is 0 Å². The van der Waals surface area contributed by atoms with Crippen LogP contribution in [0.1, 0.15) is 16.1 Å². The monoisotopic (exact) mass is 265 g/mol. The molecule has 1 aromatic heterocycles. The van der Waals surface area contributed by atoms with Crippen LogP contribution in [0.25, 0.3) is 10.9 Å². The lowest BCUT2D eigenvalue weighted by molar-refractivity contribution is 0.112. The molecule has 0 bridgehead atoms. The maximum absolute atomic E-state index is 11.3. The SMILES string of the molecule is Cc1c(C=O)c2cc(Oc3ccccc3)ccc2n1C. The Hall–Kier alpha value is -2.55. The van der Waals surface area contributed by atoms with Gasteiger partial charge in [-0.25, -0.2) is 0 Å². The van der Waals surface area contributed by atoms with Crippen molar-refractivity contribution in [1.82, 2.24) is 4.57 Å². The Balaban J connectivity index is 2.09. The number of hydrogen-bond donors (Lipinski definition) is 0. The summed E-state index contributed by atoms with van der Waals surface area (Å²) in [5, 5.41) is 0.924. The molecule has 3 nitrogen and oxygen atoms in total. The van der Waals surface area contributed by atoms with Crippen molar-refractivity contribution in [2.45, 2.75) is 6.92 Å². The lowest BCUT2D eigenvalue weighted by atomic mass is 10.1. The molecular formula is C17H15NO2. The van der Waals surface area contributed by atoms with Gasteiger partial charge in [-0.15, -0.1) is 0 Å². The molecule has 0 unspecified atom stereocenters. The Morgan fingerprint density at radius 1 is 1.05 bits per heavy atom. The number of aromatic nitrogens is 1. The van der Waals surface area contributed by atoms with Gasteiger partial charge < -0.3 is 9.30 Å². The van der Waals surface area contributed by atoms with E-state index < -0.39 is 0 Å². The van der Waals surface area contributed by atoms with Crippen LogP contribution >= 0.6 is 0 Å². The number of fused-ring (bicyclic) bond motifs is 1. The van der Waals surface area contributed by atoms with E-state index in [9.17, 15) is 4.79 Å². The predicted molar refractivity (Wildman–Crippen MR) is 79.6 cm³/mol. The third kappa shape index (κ3) is 1.97. The van der Waals surface area contributed by atoms with Crippen molar-refractivity contribution in [3.8, 4) is 11.5 Å². The molecule has 0 aliphatic carbocycles. The molecule has 0 saturated heterocycles. The van der Waals surface area contributed by atoms with Crippen LogP contribution in [-0.2, 0) is 7.05 Å². The molecule has 0 aliphatic rings. The zero-order valence-electron chi connectivity index (χ0n) is 11.5. The minimum absolute atomic E-state index is 0.723. The minimum Gasteiger partial charge on any atom is -0.457 e. The number of benzene rings is 2. The van der Waals surface area contributed by atoms with E-state index in [1.165, 1.54) is 0 Å². The molecule has 0 spiro atoms. The Morgan fingerprint density at radius 2 is 1.80 bits per heavy atom. The molecule has 0 saturated carbocycles. The second kappa shape index (κ2) is 4.85. The van der Waals surface area contributed by atoms with E-state index in [1.54, 1.807) is 0 Å². The highest BCUT2D eigenvalue weighted by Crippen LogP contribution is 2.29. The van der Waals surface area contributed by atoms with E-state index in [0.717, 1.165) is 39.9 Å². The van der Waals surface area contributed by atoms with Gasteiger partial charge in [0.05, 0.1) is 0 Å². The summed E-state index contributed by atoms with van der Waals surface area (Å²) in [4.78, 5) is 11.3. The fourth-order valence-electron chi connectivity index (χ4n) is 2.42. The molecule has 20 heavy (non-hydrogen) atoms. The number of aldehydes is 1. The molecule has 3 aromatic rings. The smallest absolute Gasteiger partial charge is 0.152 e. The van der Waals surface area contributed by atoms with Crippen LogP contribution < -0.4 is 4.74 Å². The minimum atomic E-state index is 0.723. The van der Waals surface area contributed by atoms with E-state index in [-0.39, 0.29) is 0 Å². The summed E-state index contributed by atoms with van der Waals surface area (Å²) in [6, 6.07) is 15.4. The summed E-state index contributed by atoms with van der Waals surface area (Å²) in [6.45, 7) is 1.95. The van der Waals surface area contributed by atoms with Crippen LogP contribution in [0.15, 0.2) is 48.5 Å². The second-order valence-corrected chi connectivity index (χ2v) is 4.77. The maximum atomic E-state index is 11.3. The molecule has 0 aliphatic heterocycles. The maximum Gasteiger partial charge on any atom is 0.152 e. The van der Waals surface area contributed by atoms with E-state index >= 15 is 0 Å². The Morgan fingerprint density at radius 3 is 2.50 bits per heavy atom. The molecule has 100 valence electrons. The van der Waals surface area contributed by atoms with Crippen LogP contribution in [0.3, 0.4) is 0 Å². The molecule has 0 amide bonds. The lowest BCUT2D eigenvalue weighted by Gasteiger charge is -2.06. The highest BCUT2D eigenvalue weighted by molar-refractivity contribution is 6.00. The quantitative estimate of drug-likeness (QED) is 0.668. The Labute approximate surface area is 117 Å². The number of hydrogen-bond acceptors (Lipinski definition) is 2. The summed E-state index contributed by atoms with van der Waals surface area (Å²) in [7, 11) is 1.96. The van der Waals surface area contributed by atoms with Crippen molar-refractivity contribution in [3.63, 3.8) is 0 Å². The number of rotatable bonds is 3. The van der Waals surface area contributed by atoms with Crippen LogP contribution in [0.4, 0.5) is 0 Å². The molecule has 0 N–H and O–H groups in total. The van der Waals surface area contributed by atoms with Crippen molar-refractivity contribution in [2.75, 3.05) is 0 Å². The number of carbonyl (C=O) groups is 1. The third-order valence-electron chi connectivity index (χ3n) is 3.61. The number of carbonyl (C=O) groups excluding carboxylic acids is 1. The highest BCUT2D eigenvalue weighted by atomic mass is 16.5. The normalized spacial score (nSPS) is 10.7. The van der Waals surface area contributed by atoms with E-state index in [0.29, 0.717) is 0 Å². The fraction of sp³-hybridized carbons (Fsp3) is 0.118. The number of nitrogens with zero attached hydrogens (tertiary/aromatic N) is 1. The van der Waals surface area contributed by atoms with E-state index in [4.69, 9.17) is 4.74 Å². The molecule has 0 radical (unpaired) electrons. The Kier molecular flexibility index (Phi) is 3.03. The summed E-state index contributed by atoms with van der Waals surface area (Å²) in [5.74, 6) is 1.52. The van der Waals surface area contributed by atoms with Crippen LogP contribution in [0.5, 0.6) is 11.5 Å². The highest BCUT2D eigenvalue weighted by Gasteiger charge is 2.12. The summed E-state index contributed by atoms with van der Waals surface area (Å²) in [6.07, 6.45) is 0.907. The predicted octanol–water partition coefficient (Wildman–Crippen LogP) is 4.09. The van der Waals surface area contributed by atoms with Gasteiger partial charge in [0.2, 0.25) is 0 Å². The van der Waals surface area contributed by atoms with Crippen LogP contribution in [0.2, 0.25) is 0 Å². The summed E-state index contributed by atoms with van der Waals surface area (Å²) in [5.41, 5.74) is 2.72. The van der Waals surface area contributed by atoms with Gasteiger partial charge in [-0.3, -0.25) is 4.79 Å². The number of aryl methyl sites for hydroxylation is 1. The number of para-hydroxylation sites is 1. The van der Waals surface area contributed by atoms with Gasteiger partial charge in [-0.05, 0) is 37.3 Å². The van der Waals surface area contributed by atoms with Crippen molar-refractivity contribution in [2.24, 2.45) is 7.05 Å². The van der Waals surface area contributed by atoms with Gasteiger partial charge in [0, 0.05) is 29.2 Å². The topological polar surface area (TPSA) is 31.2 Å². The second-order valence-electron chi connectivity index (χ2n) is 4.77. The third-order valence-corrected chi connectivity index (χ3v) is 3.61. The largest absolute Gasteiger partial charge is 0.457 e. The summed E-state index contributed by atoms with van der Waals surface area (Å²) >= 11 is 0. The van der Waals surface area contributed by atoms with E-state index in [1.807, 2.05) is 67.1 Å². The van der Waals surface area contributed by atoms with Gasteiger partial charge in [-0.1, -0.05) is 18.2 Å². The van der Waals surface area contributed by atoms with Gasteiger partial charge in [0.25, 0.3) is 0 Å². The lowest BCUT2D eigenvalue weighted by Crippen LogP contribution is -1.91. The molecule has 1 heterocycles. The fourth-order valence-corrected chi connectivity index (χ4v) is 2.42. The first-order valence-electron chi connectivity index (χ1n) is 6.48. The summed E-state index contributed by atoms with van der Waals surface area (Å²) < 4.78 is 7.83. The van der Waals surface area contributed by atoms with Gasteiger partial charge in [0.15, 0.2) is 6.29 Å². The molecule has 0 atom stereocenters. The van der Waals surface area contributed by atoms with Crippen molar-refractivity contribution in [1.29, 1.82) is 0 Å². The van der Waals surface area contributed by atoms with Crippen LogP contribution in [-0.4, -0.2) is 10.9 Å². The van der Waals surface area contributed by atoms with Gasteiger partial charge in [-0.2, -0.15) is 0 Å². The van der Waals surface area contributed by atoms with Gasteiger partial charge in [0.1, 0.15) is 11.5 Å². The molecular weight excluding hydrogens is 250 g/mol. The van der Waals surface area contributed by atoms with Crippen LogP contribution in [0, 0.1) is 6.92 Å². The average Bonchev–Trinajstić information content (AvgIpc) is 2.71. The zero-order chi connectivity index (χ0) is 14.1. The molecule has 0 fully saturated rings. The standard InChI is InChI=1S/C17H15NO2/c1-12-16(11-19)15-10-14(8-9-17(15)18(12)2)20-13-6-4-3-5-7-13/h3-11H,1-2H3. The van der Waals surface area contributed by atoms with Crippen molar-refractivity contribution < 1.29 is 9.53 Å². The molecule has 2 aromatic carbocycles. The van der Waals surface area contributed by atoms with Gasteiger partial charge >= 0.3 is 0 Å². The Bertz CT molecular complexity index is 773. The van der Waals surface area contributed by atoms with Crippen molar-refractivity contribution >= 4 is 17.2 Å². The first-order chi connectivity index (χ1) is 9.70. The first kappa shape index (κ1) is 12.5. The zero-order valence-corrected chi connectivity index (χ0v) is 11.5. The number of ether oxygens (including phenoxy) is 1. The molecule has 3 heteroatoms. The molecule has 3 rings (SSSR count). The average molecular weight is 265 g/mol. The van der Waals surface area contributed by atoms with Crippen molar-refractivity contribution in [3.05, 3.63) is 59.8 Å².